The molecular formula is C19H20N2O4. The first-order valence-electron chi connectivity index (χ1n) is 8.54. The van der Waals surface area contributed by atoms with Crippen LogP contribution < -0.4 is 5.56 Å². The Morgan fingerprint density at radius 3 is 2.84 bits per heavy atom. The number of hydrogen-bond acceptors (Lipinski definition) is 4. The number of aromatic amines is 1. The van der Waals surface area contributed by atoms with Crippen LogP contribution in [0.25, 0.3) is 0 Å². The van der Waals surface area contributed by atoms with E-state index in [0.717, 1.165) is 24.1 Å². The van der Waals surface area contributed by atoms with Crippen molar-refractivity contribution >= 4 is 5.91 Å². The molecule has 0 radical (unpaired) electrons. The highest BCUT2D eigenvalue weighted by Gasteiger charge is 2.29. The summed E-state index contributed by atoms with van der Waals surface area (Å²) >= 11 is 0. The molecule has 25 heavy (non-hydrogen) atoms. The molecule has 6 nitrogen and oxygen atoms in total. The summed E-state index contributed by atoms with van der Waals surface area (Å²) in [5.41, 5.74) is 1.89. The van der Waals surface area contributed by atoms with Crippen molar-refractivity contribution in [3.63, 3.8) is 0 Å². The van der Waals surface area contributed by atoms with E-state index in [1.807, 2.05) is 6.07 Å². The van der Waals surface area contributed by atoms with E-state index in [1.165, 1.54) is 6.07 Å². The van der Waals surface area contributed by atoms with Crippen LogP contribution in [0.2, 0.25) is 0 Å². The van der Waals surface area contributed by atoms with Gasteiger partial charge in [-0.1, -0.05) is 12.1 Å². The molecule has 2 aliphatic rings. The van der Waals surface area contributed by atoms with Crippen LogP contribution in [0, 0.1) is 0 Å². The molecule has 1 aromatic carbocycles. The van der Waals surface area contributed by atoms with Gasteiger partial charge in [-0.25, -0.2) is 0 Å². The third kappa shape index (κ3) is 3.44. The Morgan fingerprint density at radius 1 is 1.24 bits per heavy atom. The number of amides is 1. The molecule has 0 bridgehead atoms. The Balaban J connectivity index is 1.55. The predicted molar refractivity (Wildman–Crippen MR) is 91.7 cm³/mol. The lowest BCUT2D eigenvalue weighted by Crippen LogP contribution is -2.42. The fourth-order valence-electron chi connectivity index (χ4n) is 3.25. The van der Waals surface area contributed by atoms with E-state index in [1.54, 1.807) is 29.2 Å². The first kappa shape index (κ1) is 15.9. The number of aromatic hydroxyl groups is 1. The fourth-order valence-corrected chi connectivity index (χ4v) is 3.25. The number of phenols is 1. The van der Waals surface area contributed by atoms with Gasteiger partial charge in [0.05, 0.1) is 13.2 Å². The Kier molecular flexibility index (Phi) is 4.05. The largest absolute Gasteiger partial charge is 0.508 e. The summed E-state index contributed by atoms with van der Waals surface area (Å²) in [6.07, 6.45) is 1.84. The minimum atomic E-state index is -0.283. The minimum Gasteiger partial charge on any atom is -0.508 e. The van der Waals surface area contributed by atoms with E-state index >= 15 is 0 Å². The molecule has 2 fully saturated rings. The summed E-state index contributed by atoms with van der Waals surface area (Å²) in [5, 5.41) is 9.64. The lowest BCUT2D eigenvalue weighted by Gasteiger charge is -2.33. The number of phenolic OH excluding ortho intramolecular Hbond substituents is 1. The van der Waals surface area contributed by atoms with Gasteiger partial charge >= 0.3 is 0 Å². The highest BCUT2D eigenvalue weighted by molar-refractivity contribution is 5.94. The van der Waals surface area contributed by atoms with E-state index in [-0.39, 0.29) is 23.3 Å². The molecule has 2 N–H and O–H groups in total. The topological polar surface area (TPSA) is 82.6 Å². The molecule has 1 saturated heterocycles. The van der Waals surface area contributed by atoms with Gasteiger partial charge in [-0.3, -0.25) is 9.59 Å². The minimum absolute atomic E-state index is 0.151. The molecule has 1 unspecified atom stereocenters. The van der Waals surface area contributed by atoms with E-state index in [0.29, 0.717) is 31.2 Å². The second-order valence-electron chi connectivity index (χ2n) is 6.67. The van der Waals surface area contributed by atoms with Crippen LogP contribution in [-0.4, -0.2) is 40.6 Å². The number of nitrogens with one attached hydrogen (secondary N) is 1. The van der Waals surface area contributed by atoms with Crippen molar-refractivity contribution in [1.29, 1.82) is 0 Å². The number of pyridine rings is 1. The monoisotopic (exact) mass is 340 g/mol. The van der Waals surface area contributed by atoms with Gasteiger partial charge in [0.1, 0.15) is 11.9 Å². The number of carbonyl (C=O) groups is 1. The van der Waals surface area contributed by atoms with E-state index in [2.05, 4.69) is 4.98 Å². The third-order valence-electron chi connectivity index (χ3n) is 4.72. The number of ether oxygens (including phenoxy) is 1. The average molecular weight is 340 g/mol. The molecular weight excluding hydrogens is 320 g/mol. The Morgan fingerprint density at radius 2 is 2.08 bits per heavy atom. The molecule has 1 aromatic heterocycles. The van der Waals surface area contributed by atoms with Crippen molar-refractivity contribution in [2.75, 3.05) is 19.7 Å². The zero-order valence-electron chi connectivity index (χ0n) is 13.8. The number of nitrogens with zero attached hydrogens (tertiary/aromatic N) is 1. The maximum Gasteiger partial charge on any atom is 0.254 e. The molecule has 1 aliphatic heterocycles. The summed E-state index contributed by atoms with van der Waals surface area (Å²) in [6, 6.07) is 10.1. The Bertz CT molecular complexity index is 856. The van der Waals surface area contributed by atoms with Crippen molar-refractivity contribution in [1.82, 2.24) is 9.88 Å². The van der Waals surface area contributed by atoms with Gasteiger partial charge in [0, 0.05) is 23.9 Å². The van der Waals surface area contributed by atoms with Gasteiger partial charge in [-0.05, 0) is 42.5 Å². The van der Waals surface area contributed by atoms with E-state index < -0.39 is 0 Å². The number of morpholine rings is 1. The summed E-state index contributed by atoms with van der Waals surface area (Å²) < 4.78 is 5.76. The van der Waals surface area contributed by atoms with Crippen LogP contribution in [0.15, 0.2) is 41.2 Å². The standard InChI is InChI=1S/C19H20N2O4/c22-15-3-1-2-13(8-15)17-11-21(6-7-25-17)19(24)14-9-16(12-4-5-12)20-18(23)10-14/h1-3,8-10,12,17,22H,4-7,11H2,(H,20,23). The molecule has 0 spiro atoms. The van der Waals surface area contributed by atoms with Crippen LogP contribution in [0.5, 0.6) is 5.75 Å². The van der Waals surface area contributed by atoms with Crippen molar-refractivity contribution in [3.8, 4) is 5.75 Å². The molecule has 1 aliphatic carbocycles. The number of benzene rings is 1. The van der Waals surface area contributed by atoms with Crippen LogP contribution in [0.4, 0.5) is 0 Å². The van der Waals surface area contributed by atoms with Gasteiger partial charge in [0.25, 0.3) is 5.91 Å². The highest BCUT2D eigenvalue weighted by atomic mass is 16.5. The van der Waals surface area contributed by atoms with Gasteiger partial charge in [0.2, 0.25) is 5.56 Å². The van der Waals surface area contributed by atoms with Crippen molar-refractivity contribution in [3.05, 3.63) is 63.6 Å². The maximum atomic E-state index is 12.9. The van der Waals surface area contributed by atoms with Gasteiger partial charge in [-0.2, -0.15) is 0 Å². The first-order valence-corrected chi connectivity index (χ1v) is 8.54. The molecule has 130 valence electrons. The van der Waals surface area contributed by atoms with E-state index in [9.17, 15) is 14.7 Å². The zero-order valence-corrected chi connectivity index (χ0v) is 13.8. The summed E-state index contributed by atoms with van der Waals surface area (Å²) in [6.45, 7) is 1.30. The fraction of sp³-hybridized carbons (Fsp3) is 0.368. The van der Waals surface area contributed by atoms with Gasteiger partial charge in [-0.15, -0.1) is 0 Å². The SMILES string of the molecule is O=C(c1cc(C2CC2)[nH]c(=O)c1)N1CCOC(c2cccc(O)c2)C1. The highest BCUT2D eigenvalue weighted by Crippen LogP contribution is 2.38. The second-order valence-corrected chi connectivity index (χ2v) is 6.67. The number of rotatable bonds is 3. The number of H-pyrrole nitrogens is 1. The normalized spacial score (nSPS) is 20.5. The lowest BCUT2D eigenvalue weighted by atomic mass is 10.1. The number of carbonyl (C=O) groups excluding carboxylic acids is 1. The molecule has 1 atom stereocenters. The third-order valence-corrected chi connectivity index (χ3v) is 4.72. The molecule has 1 amide bonds. The smallest absolute Gasteiger partial charge is 0.254 e. The van der Waals surface area contributed by atoms with Crippen LogP contribution in [0.1, 0.15) is 46.5 Å². The Labute approximate surface area is 145 Å². The van der Waals surface area contributed by atoms with Gasteiger partial charge in [0.15, 0.2) is 0 Å². The molecule has 2 heterocycles. The van der Waals surface area contributed by atoms with Crippen molar-refractivity contribution < 1.29 is 14.6 Å². The maximum absolute atomic E-state index is 12.9. The first-order chi connectivity index (χ1) is 12.1. The van der Waals surface area contributed by atoms with Gasteiger partial charge < -0.3 is 19.7 Å². The van der Waals surface area contributed by atoms with Crippen LogP contribution in [0.3, 0.4) is 0 Å². The molecule has 1 saturated carbocycles. The zero-order chi connectivity index (χ0) is 17.4. The predicted octanol–water partition coefficient (Wildman–Crippen LogP) is 2.17. The lowest BCUT2D eigenvalue weighted by molar-refractivity contribution is -0.0229. The second kappa shape index (κ2) is 6.37. The molecule has 6 heteroatoms. The number of aromatic nitrogens is 1. The molecule has 4 rings (SSSR count). The molecule has 2 aromatic rings. The van der Waals surface area contributed by atoms with Crippen LogP contribution >= 0.6 is 0 Å². The summed E-state index contributed by atoms with van der Waals surface area (Å²) in [4.78, 5) is 29.3. The van der Waals surface area contributed by atoms with Crippen molar-refractivity contribution in [2.45, 2.75) is 24.9 Å². The summed E-state index contributed by atoms with van der Waals surface area (Å²) in [5.74, 6) is 0.403. The quantitative estimate of drug-likeness (QED) is 0.897. The number of hydrogen-bond donors (Lipinski definition) is 2. The van der Waals surface area contributed by atoms with Crippen LogP contribution in [-0.2, 0) is 4.74 Å². The van der Waals surface area contributed by atoms with E-state index in [4.69, 9.17) is 4.74 Å². The van der Waals surface area contributed by atoms with Crippen molar-refractivity contribution in [2.24, 2.45) is 0 Å². The Hall–Kier alpha value is -2.60. The summed E-state index contributed by atoms with van der Waals surface area (Å²) in [7, 11) is 0. The average Bonchev–Trinajstić information content (AvgIpc) is 3.46.